The summed E-state index contributed by atoms with van der Waals surface area (Å²) in [5, 5.41) is 0. The highest BCUT2D eigenvalue weighted by Crippen LogP contribution is 2.33. The van der Waals surface area contributed by atoms with Crippen LogP contribution in [0.15, 0.2) is 71.3 Å². The van der Waals surface area contributed by atoms with Crippen LogP contribution in [-0.2, 0) is 6.54 Å². The summed E-state index contributed by atoms with van der Waals surface area (Å²) in [7, 11) is 0. The number of hydrogen-bond acceptors (Lipinski definition) is 4. The van der Waals surface area contributed by atoms with E-state index < -0.39 is 0 Å². The zero-order chi connectivity index (χ0) is 16.4. The van der Waals surface area contributed by atoms with Gasteiger partial charge >= 0.3 is 0 Å². The number of amides is 1. The van der Waals surface area contributed by atoms with Crippen molar-refractivity contribution in [2.75, 3.05) is 11.7 Å². The molecule has 1 aliphatic heterocycles. The van der Waals surface area contributed by atoms with Gasteiger partial charge in [-0.3, -0.25) is 4.79 Å². The summed E-state index contributed by atoms with van der Waals surface area (Å²) in [6, 6.07) is 18.6. The van der Waals surface area contributed by atoms with Gasteiger partial charge in [-0.25, -0.2) is 0 Å². The fourth-order valence-corrected chi connectivity index (χ4v) is 2.64. The second-order valence-electron chi connectivity index (χ2n) is 5.39. The number of hydrogen-bond donors (Lipinski definition) is 0. The third-order valence-electron chi connectivity index (χ3n) is 3.82. The average Bonchev–Trinajstić information content (AvgIpc) is 3.31. The molecule has 4 rings (SSSR count). The Balaban J connectivity index is 1.67. The minimum atomic E-state index is -0.191. The number of carbonyl (C=O) groups is 1. The number of rotatable bonds is 4. The highest BCUT2D eigenvalue weighted by molar-refractivity contribution is 6.04. The predicted molar refractivity (Wildman–Crippen MR) is 88.2 cm³/mol. The van der Waals surface area contributed by atoms with Crippen LogP contribution < -0.4 is 14.4 Å². The van der Waals surface area contributed by atoms with Gasteiger partial charge in [0.2, 0.25) is 6.79 Å². The zero-order valence-electron chi connectivity index (χ0n) is 12.8. The molecule has 2 heterocycles. The van der Waals surface area contributed by atoms with Crippen LogP contribution in [0.3, 0.4) is 0 Å². The van der Waals surface area contributed by atoms with Crippen molar-refractivity contribution < 1.29 is 18.7 Å². The van der Waals surface area contributed by atoms with Gasteiger partial charge in [0.15, 0.2) is 17.3 Å². The van der Waals surface area contributed by atoms with Crippen molar-refractivity contribution in [2.24, 2.45) is 0 Å². The van der Waals surface area contributed by atoms with Gasteiger partial charge in [0, 0.05) is 5.69 Å². The lowest BCUT2D eigenvalue weighted by atomic mass is 10.1. The number of carbonyl (C=O) groups excluding carboxylic acids is 1. The third kappa shape index (κ3) is 2.72. The first kappa shape index (κ1) is 14.4. The Morgan fingerprint density at radius 2 is 1.79 bits per heavy atom. The number of para-hydroxylation sites is 1. The SMILES string of the molecule is O=C(c1ccco1)N(Cc1ccc2c(c1)OCO2)c1ccccc1. The molecule has 0 saturated heterocycles. The lowest BCUT2D eigenvalue weighted by Crippen LogP contribution is -2.30. The number of benzene rings is 2. The van der Waals surface area contributed by atoms with Crippen LogP contribution >= 0.6 is 0 Å². The van der Waals surface area contributed by atoms with E-state index in [0.29, 0.717) is 18.1 Å². The van der Waals surface area contributed by atoms with E-state index in [-0.39, 0.29) is 12.7 Å². The largest absolute Gasteiger partial charge is 0.459 e. The summed E-state index contributed by atoms with van der Waals surface area (Å²) in [5.41, 5.74) is 1.75. The molecule has 0 radical (unpaired) electrons. The van der Waals surface area contributed by atoms with E-state index in [0.717, 1.165) is 17.0 Å². The average molecular weight is 321 g/mol. The molecule has 1 amide bonds. The fourth-order valence-electron chi connectivity index (χ4n) is 2.64. The van der Waals surface area contributed by atoms with Gasteiger partial charge in [-0.05, 0) is 42.0 Å². The molecular weight excluding hydrogens is 306 g/mol. The van der Waals surface area contributed by atoms with Crippen LogP contribution in [0.5, 0.6) is 11.5 Å². The molecule has 5 nitrogen and oxygen atoms in total. The van der Waals surface area contributed by atoms with Gasteiger partial charge in [-0.2, -0.15) is 0 Å². The summed E-state index contributed by atoms with van der Waals surface area (Å²) < 4.78 is 16.0. The van der Waals surface area contributed by atoms with Gasteiger partial charge < -0.3 is 18.8 Å². The van der Waals surface area contributed by atoms with Gasteiger partial charge in [0.1, 0.15) is 0 Å². The van der Waals surface area contributed by atoms with E-state index in [1.54, 1.807) is 17.0 Å². The van der Waals surface area contributed by atoms with Crippen LogP contribution in [0.25, 0.3) is 0 Å². The standard InChI is InChI=1S/C19H15NO4/c21-19(17-7-4-10-22-17)20(15-5-2-1-3-6-15)12-14-8-9-16-18(11-14)24-13-23-16/h1-11H,12-13H2. The fraction of sp³-hybridized carbons (Fsp3) is 0.105. The quantitative estimate of drug-likeness (QED) is 0.732. The number of nitrogens with zero attached hydrogens (tertiary/aromatic N) is 1. The smallest absolute Gasteiger partial charge is 0.294 e. The van der Waals surface area contributed by atoms with Crippen LogP contribution in [0.4, 0.5) is 5.69 Å². The summed E-state index contributed by atoms with van der Waals surface area (Å²) in [6.07, 6.45) is 1.50. The Morgan fingerprint density at radius 3 is 2.58 bits per heavy atom. The molecule has 120 valence electrons. The van der Waals surface area contributed by atoms with Gasteiger partial charge in [0.05, 0.1) is 12.8 Å². The van der Waals surface area contributed by atoms with Crippen molar-refractivity contribution in [3.63, 3.8) is 0 Å². The van der Waals surface area contributed by atoms with Crippen molar-refractivity contribution in [1.29, 1.82) is 0 Å². The molecule has 0 bridgehead atoms. The molecule has 0 spiro atoms. The Morgan fingerprint density at radius 1 is 0.958 bits per heavy atom. The topological polar surface area (TPSA) is 51.9 Å². The van der Waals surface area contributed by atoms with Crippen LogP contribution in [-0.4, -0.2) is 12.7 Å². The third-order valence-corrected chi connectivity index (χ3v) is 3.82. The summed E-state index contributed by atoms with van der Waals surface area (Å²) >= 11 is 0. The van der Waals surface area contributed by atoms with E-state index in [1.165, 1.54) is 6.26 Å². The normalized spacial score (nSPS) is 12.2. The Labute approximate surface area is 139 Å². The first-order chi connectivity index (χ1) is 11.8. The van der Waals surface area contributed by atoms with Crippen LogP contribution in [0.2, 0.25) is 0 Å². The van der Waals surface area contributed by atoms with E-state index in [4.69, 9.17) is 13.9 Å². The van der Waals surface area contributed by atoms with E-state index in [2.05, 4.69) is 0 Å². The molecule has 0 N–H and O–H groups in total. The van der Waals surface area contributed by atoms with E-state index in [9.17, 15) is 4.79 Å². The second kappa shape index (κ2) is 6.12. The van der Waals surface area contributed by atoms with Crippen LogP contribution in [0, 0.1) is 0 Å². The molecule has 0 atom stereocenters. The molecule has 5 heteroatoms. The highest BCUT2D eigenvalue weighted by Gasteiger charge is 2.21. The summed E-state index contributed by atoms with van der Waals surface area (Å²) in [5.74, 6) is 1.54. The molecule has 0 fully saturated rings. The number of ether oxygens (including phenoxy) is 2. The van der Waals surface area contributed by atoms with Crippen molar-refractivity contribution in [1.82, 2.24) is 0 Å². The van der Waals surface area contributed by atoms with E-state index in [1.807, 2.05) is 48.5 Å². The van der Waals surface area contributed by atoms with Gasteiger partial charge in [-0.15, -0.1) is 0 Å². The van der Waals surface area contributed by atoms with Crippen molar-refractivity contribution in [3.05, 3.63) is 78.3 Å². The maximum atomic E-state index is 12.8. The maximum Gasteiger partial charge on any atom is 0.294 e. The molecule has 1 aliphatic rings. The second-order valence-corrected chi connectivity index (χ2v) is 5.39. The minimum absolute atomic E-state index is 0.191. The molecule has 3 aromatic rings. The minimum Gasteiger partial charge on any atom is -0.459 e. The van der Waals surface area contributed by atoms with Crippen LogP contribution in [0.1, 0.15) is 16.1 Å². The Bertz CT molecular complexity index is 843. The van der Waals surface area contributed by atoms with Crippen molar-refractivity contribution >= 4 is 11.6 Å². The Kier molecular flexibility index (Phi) is 3.67. The molecule has 1 aromatic heterocycles. The molecule has 0 unspecified atom stereocenters. The first-order valence-corrected chi connectivity index (χ1v) is 7.60. The highest BCUT2D eigenvalue weighted by atomic mass is 16.7. The summed E-state index contributed by atoms with van der Waals surface area (Å²) in [6.45, 7) is 0.632. The molecule has 0 aliphatic carbocycles. The lowest BCUT2D eigenvalue weighted by Gasteiger charge is -2.22. The lowest BCUT2D eigenvalue weighted by molar-refractivity contribution is 0.0958. The molecule has 0 saturated carbocycles. The summed E-state index contributed by atoms with van der Waals surface area (Å²) in [4.78, 5) is 14.5. The monoisotopic (exact) mass is 321 g/mol. The predicted octanol–water partition coefficient (Wildman–Crippen LogP) is 3.86. The van der Waals surface area contributed by atoms with E-state index >= 15 is 0 Å². The maximum absolute atomic E-state index is 12.8. The number of furan rings is 1. The Hall–Kier alpha value is -3.21. The van der Waals surface area contributed by atoms with Gasteiger partial charge in [-0.1, -0.05) is 24.3 Å². The van der Waals surface area contributed by atoms with Crippen molar-refractivity contribution in [3.8, 4) is 11.5 Å². The van der Waals surface area contributed by atoms with Crippen molar-refractivity contribution in [2.45, 2.75) is 6.54 Å². The molecular formula is C19H15NO4. The van der Waals surface area contributed by atoms with Gasteiger partial charge in [0.25, 0.3) is 5.91 Å². The zero-order valence-corrected chi connectivity index (χ0v) is 12.8. The first-order valence-electron chi connectivity index (χ1n) is 7.60. The molecule has 2 aromatic carbocycles. The molecule has 24 heavy (non-hydrogen) atoms. The number of anilines is 1. The number of fused-ring (bicyclic) bond motifs is 1.